The van der Waals surface area contributed by atoms with Gasteiger partial charge < -0.3 is 10.5 Å². The van der Waals surface area contributed by atoms with E-state index in [2.05, 4.69) is 13.8 Å². The Balaban J connectivity index is 2.79. The van der Waals surface area contributed by atoms with Gasteiger partial charge in [0.25, 0.3) is 0 Å². The summed E-state index contributed by atoms with van der Waals surface area (Å²) in [6.07, 6.45) is 1.70. The largest absolute Gasteiger partial charge is 0.494 e. The van der Waals surface area contributed by atoms with Crippen LogP contribution in [0.2, 0.25) is 0 Å². The van der Waals surface area contributed by atoms with Crippen molar-refractivity contribution in [2.75, 3.05) is 13.7 Å². The second kappa shape index (κ2) is 6.60. The van der Waals surface area contributed by atoms with Crippen LogP contribution in [0.1, 0.15) is 25.8 Å². The van der Waals surface area contributed by atoms with Gasteiger partial charge in [0.15, 0.2) is 11.6 Å². The highest BCUT2D eigenvalue weighted by molar-refractivity contribution is 5.31. The van der Waals surface area contributed by atoms with Gasteiger partial charge in [0.1, 0.15) is 0 Å². The molecule has 0 aliphatic carbocycles. The first kappa shape index (κ1) is 14.0. The molecular formula is C14H22FNO. The number of benzene rings is 1. The molecule has 2 nitrogen and oxygen atoms in total. The smallest absolute Gasteiger partial charge is 0.168 e. The van der Waals surface area contributed by atoms with Crippen LogP contribution >= 0.6 is 0 Å². The molecule has 17 heavy (non-hydrogen) atoms. The molecule has 1 aromatic rings. The summed E-state index contributed by atoms with van der Waals surface area (Å²) in [7, 11) is 1.48. The quantitative estimate of drug-likeness (QED) is 0.828. The van der Waals surface area contributed by atoms with Gasteiger partial charge in [0, 0.05) is 0 Å². The van der Waals surface area contributed by atoms with Crippen molar-refractivity contribution in [3.8, 4) is 5.75 Å². The molecule has 0 saturated heterocycles. The van der Waals surface area contributed by atoms with E-state index in [-0.39, 0.29) is 5.82 Å². The van der Waals surface area contributed by atoms with Crippen LogP contribution < -0.4 is 10.5 Å². The Hall–Kier alpha value is -1.09. The summed E-state index contributed by atoms with van der Waals surface area (Å²) in [6, 6.07) is 5.26. The lowest BCUT2D eigenvalue weighted by atomic mass is 9.91. The molecule has 0 heterocycles. The summed E-state index contributed by atoms with van der Waals surface area (Å²) in [5.74, 6) is 0.967. The average molecular weight is 239 g/mol. The minimum atomic E-state index is -0.253. The van der Waals surface area contributed by atoms with Crippen molar-refractivity contribution in [2.45, 2.75) is 26.7 Å². The minimum absolute atomic E-state index is 0.253. The molecule has 0 bridgehead atoms. The fraction of sp³-hybridized carbons (Fsp3) is 0.571. The first-order valence-corrected chi connectivity index (χ1v) is 6.09. The zero-order valence-corrected chi connectivity index (χ0v) is 10.9. The summed E-state index contributed by atoms with van der Waals surface area (Å²) in [6.45, 7) is 4.91. The standard InChI is InChI=1S/C14H22FNO/c1-10(2)7-11(9-16)8-12-5-4-6-13(17-3)14(12)15/h4-6,10-11H,7-9,16H2,1-3H3. The Kier molecular flexibility index (Phi) is 5.42. The third-order valence-corrected chi connectivity index (χ3v) is 2.91. The van der Waals surface area contributed by atoms with Crippen LogP contribution in [0.25, 0.3) is 0 Å². The molecule has 0 saturated carbocycles. The molecule has 0 spiro atoms. The summed E-state index contributed by atoms with van der Waals surface area (Å²) >= 11 is 0. The number of hydrogen-bond donors (Lipinski definition) is 1. The number of nitrogens with two attached hydrogens (primary N) is 1. The van der Waals surface area contributed by atoms with Gasteiger partial charge in [-0.3, -0.25) is 0 Å². The van der Waals surface area contributed by atoms with Gasteiger partial charge in [-0.15, -0.1) is 0 Å². The molecule has 0 aromatic heterocycles. The molecule has 0 radical (unpaired) electrons. The highest BCUT2D eigenvalue weighted by Crippen LogP contribution is 2.24. The van der Waals surface area contributed by atoms with E-state index in [4.69, 9.17) is 10.5 Å². The third-order valence-electron chi connectivity index (χ3n) is 2.91. The summed E-state index contributed by atoms with van der Waals surface area (Å²) in [5, 5.41) is 0. The maximum atomic E-state index is 13.9. The van der Waals surface area contributed by atoms with Crippen molar-refractivity contribution in [1.29, 1.82) is 0 Å². The maximum absolute atomic E-state index is 13.9. The molecule has 3 heteroatoms. The van der Waals surface area contributed by atoms with Crippen molar-refractivity contribution in [3.63, 3.8) is 0 Å². The van der Waals surface area contributed by atoms with Crippen LogP contribution in [-0.4, -0.2) is 13.7 Å². The first-order valence-electron chi connectivity index (χ1n) is 6.09. The van der Waals surface area contributed by atoms with E-state index in [0.717, 1.165) is 6.42 Å². The molecule has 0 aliphatic heterocycles. The maximum Gasteiger partial charge on any atom is 0.168 e. The van der Waals surface area contributed by atoms with Gasteiger partial charge in [-0.2, -0.15) is 0 Å². The van der Waals surface area contributed by atoms with E-state index < -0.39 is 0 Å². The lowest BCUT2D eigenvalue weighted by Gasteiger charge is -2.17. The zero-order chi connectivity index (χ0) is 12.8. The summed E-state index contributed by atoms with van der Waals surface area (Å²) in [4.78, 5) is 0. The van der Waals surface area contributed by atoms with Gasteiger partial charge in [-0.05, 0) is 42.9 Å². The molecule has 0 fully saturated rings. The molecular weight excluding hydrogens is 217 g/mol. The summed E-state index contributed by atoms with van der Waals surface area (Å²) in [5.41, 5.74) is 6.43. The number of methoxy groups -OCH3 is 1. The van der Waals surface area contributed by atoms with Gasteiger partial charge in [0.2, 0.25) is 0 Å². The van der Waals surface area contributed by atoms with Crippen LogP contribution in [0.15, 0.2) is 18.2 Å². The van der Waals surface area contributed by atoms with E-state index in [1.54, 1.807) is 12.1 Å². The van der Waals surface area contributed by atoms with Crippen LogP contribution in [0.4, 0.5) is 4.39 Å². The highest BCUT2D eigenvalue weighted by Gasteiger charge is 2.14. The van der Waals surface area contributed by atoms with Gasteiger partial charge in [0.05, 0.1) is 7.11 Å². The van der Waals surface area contributed by atoms with Gasteiger partial charge in [-0.1, -0.05) is 26.0 Å². The van der Waals surface area contributed by atoms with Crippen LogP contribution in [0, 0.1) is 17.7 Å². The third kappa shape index (κ3) is 4.00. The lowest BCUT2D eigenvalue weighted by Crippen LogP contribution is -2.19. The molecule has 0 amide bonds. The molecule has 1 aromatic carbocycles. The Labute approximate surface area is 103 Å². The average Bonchev–Trinajstić information content (AvgIpc) is 2.30. The predicted molar refractivity (Wildman–Crippen MR) is 68.7 cm³/mol. The number of hydrogen-bond acceptors (Lipinski definition) is 2. The second-order valence-electron chi connectivity index (χ2n) is 4.87. The van der Waals surface area contributed by atoms with E-state index >= 15 is 0 Å². The SMILES string of the molecule is COc1cccc(CC(CN)CC(C)C)c1F. The molecule has 2 N–H and O–H groups in total. The van der Waals surface area contributed by atoms with E-state index in [9.17, 15) is 4.39 Å². The lowest BCUT2D eigenvalue weighted by molar-refractivity contribution is 0.376. The zero-order valence-electron chi connectivity index (χ0n) is 10.9. The van der Waals surface area contributed by atoms with Crippen molar-refractivity contribution >= 4 is 0 Å². The fourth-order valence-corrected chi connectivity index (χ4v) is 2.11. The van der Waals surface area contributed by atoms with Crippen LogP contribution in [0.5, 0.6) is 5.75 Å². The topological polar surface area (TPSA) is 35.2 Å². The monoisotopic (exact) mass is 239 g/mol. The second-order valence-corrected chi connectivity index (χ2v) is 4.87. The fourth-order valence-electron chi connectivity index (χ4n) is 2.11. The molecule has 1 unspecified atom stereocenters. The molecule has 96 valence electrons. The number of rotatable bonds is 6. The van der Waals surface area contributed by atoms with E-state index in [1.165, 1.54) is 7.11 Å². The van der Waals surface area contributed by atoms with E-state index in [0.29, 0.717) is 36.1 Å². The molecule has 1 rings (SSSR count). The number of ether oxygens (including phenoxy) is 1. The Bertz CT molecular complexity index is 352. The van der Waals surface area contributed by atoms with Crippen molar-refractivity contribution in [1.82, 2.24) is 0 Å². The van der Waals surface area contributed by atoms with Gasteiger partial charge >= 0.3 is 0 Å². The van der Waals surface area contributed by atoms with Gasteiger partial charge in [-0.25, -0.2) is 4.39 Å². The Morgan fingerprint density at radius 3 is 2.59 bits per heavy atom. The first-order chi connectivity index (χ1) is 8.08. The Morgan fingerprint density at radius 1 is 1.35 bits per heavy atom. The number of halogens is 1. The molecule has 1 atom stereocenters. The highest BCUT2D eigenvalue weighted by atomic mass is 19.1. The normalized spacial score (nSPS) is 12.8. The summed E-state index contributed by atoms with van der Waals surface area (Å²) < 4.78 is 18.9. The predicted octanol–water partition coefficient (Wildman–Crippen LogP) is 3.00. The van der Waals surface area contributed by atoms with Crippen LogP contribution in [0.3, 0.4) is 0 Å². The van der Waals surface area contributed by atoms with Crippen molar-refractivity contribution in [3.05, 3.63) is 29.6 Å². The molecule has 0 aliphatic rings. The van der Waals surface area contributed by atoms with Crippen LogP contribution in [-0.2, 0) is 6.42 Å². The van der Waals surface area contributed by atoms with E-state index in [1.807, 2.05) is 6.07 Å². The van der Waals surface area contributed by atoms with Crippen molar-refractivity contribution in [2.24, 2.45) is 17.6 Å². The van der Waals surface area contributed by atoms with Crippen molar-refractivity contribution < 1.29 is 9.13 Å². The minimum Gasteiger partial charge on any atom is -0.494 e. The Morgan fingerprint density at radius 2 is 2.06 bits per heavy atom.